The Kier molecular flexibility index (Phi) is 5.13. The Morgan fingerprint density at radius 2 is 2.22 bits per heavy atom. The summed E-state index contributed by atoms with van der Waals surface area (Å²) < 4.78 is 12.6. The number of carbonyl (C=O) groups excluding carboxylic acids is 1. The average molecular weight is 458 g/mol. The van der Waals surface area contributed by atoms with Crippen LogP contribution in [-0.2, 0) is 23.9 Å². The molecule has 0 spiro atoms. The van der Waals surface area contributed by atoms with Crippen LogP contribution in [0.2, 0.25) is 5.02 Å². The molecule has 3 aromatic rings. The molecule has 3 atom stereocenters. The van der Waals surface area contributed by atoms with Gasteiger partial charge in [0.2, 0.25) is 11.8 Å². The molecule has 2 aromatic heterocycles. The van der Waals surface area contributed by atoms with Gasteiger partial charge >= 0.3 is 6.03 Å². The van der Waals surface area contributed by atoms with E-state index in [4.69, 9.17) is 20.8 Å². The SMILES string of the molecule is COCc1nnc([C@@]23C[C@H](C)C[C@@H](C2)N3C(=O)Nc2ccc(Cl)c(-c3ncn(C)n3)c2)o1. The maximum Gasteiger partial charge on any atom is 0.323 e. The largest absolute Gasteiger partial charge is 0.420 e. The molecule has 1 aliphatic heterocycles. The van der Waals surface area contributed by atoms with Gasteiger partial charge in [-0.15, -0.1) is 10.2 Å². The molecule has 1 N–H and O–H groups in total. The van der Waals surface area contributed by atoms with Crippen LogP contribution in [-0.4, -0.2) is 49.0 Å². The molecular weight excluding hydrogens is 434 g/mol. The number of ether oxygens (including phenoxy) is 1. The summed E-state index contributed by atoms with van der Waals surface area (Å²) in [5.74, 6) is 1.82. The van der Waals surface area contributed by atoms with Crippen LogP contribution in [0.5, 0.6) is 0 Å². The number of aryl methyl sites for hydroxylation is 1. The van der Waals surface area contributed by atoms with Gasteiger partial charge in [-0.3, -0.25) is 4.68 Å². The van der Waals surface area contributed by atoms with Crippen molar-refractivity contribution >= 4 is 23.3 Å². The molecule has 0 unspecified atom stereocenters. The number of urea groups is 1. The summed E-state index contributed by atoms with van der Waals surface area (Å²) in [5.41, 5.74) is 0.669. The summed E-state index contributed by atoms with van der Waals surface area (Å²) in [6.45, 7) is 2.43. The molecule has 2 bridgehead atoms. The lowest BCUT2D eigenvalue weighted by Crippen LogP contribution is -2.70. The lowest BCUT2D eigenvalue weighted by Gasteiger charge is -2.61. The molecular formula is C21H24ClN7O3. The summed E-state index contributed by atoms with van der Waals surface area (Å²) in [5, 5.41) is 16.2. The molecule has 32 heavy (non-hydrogen) atoms. The van der Waals surface area contributed by atoms with E-state index >= 15 is 0 Å². The number of hydrogen-bond donors (Lipinski definition) is 1. The van der Waals surface area contributed by atoms with Crippen LogP contribution in [0.15, 0.2) is 28.9 Å². The van der Waals surface area contributed by atoms with Crippen molar-refractivity contribution in [3.8, 4) is 11.4 Å². The number of benzene rings is 1. The second-order valence-corrected chi connectivity index (χ2v) is 9.01. The first-order valence-electron chi connectivity index (χ1n) is 10.5. The molecule has 1 aliphatic carbocycles. The van der Waals surface area contributed by atoms with Crippen molar-refractivity contribution in [3.63, 3.8) is 0 Å². The van der Waals surface area contributed by atoms with E-state index in [0.717, 1.165) is 19.3 Å². The van der Waals surface area contributed by atoms with Crippen molar-refractivity contribution in [2.45, 2.75) is 44.4 Å². The minimum Gasteiger partial charge on any atom is -0.420 e. The van der Waals surface area contributed by atoms with Gasteiger partial charge in [0.25, 0.3) is 0 Å². The number of rotatable bonds is 5. The van der Waals surface area contributed by atoms with Gasteiger partial charge in [-0.05, 0) is 37.0 Å². The number of anilines is 1. The Bertz CT molecular complexity index is 1160. The van der Waals surface area contributed by atoms with Crippen LogP contribution in [0.25, 0.3) is 11.4 Å². The molecule has 0 radical (unpaired) electrons. The predicted molar refractivity (Wildman–Crippen MR) is 116 cm³/mol. The Morgan fingerprint density at radius 3 is 2.97 bits per heavy atom. The van der Waals surface area contributed by atoms with Crippen molar-refractivity contribution in [3.05, 3.63) is 41.3 Å². The van der Waals surface area contributed by atoms with Crippen LogP contribution in [0, 0.1) is 5.92 Å². The molecule has 1 saturated heterocycles. The highest BCUT2D eigenvalue weighted by Gasteiger charge is 2.62. The van der Waals surface area contributed by atoms with Crippen molar-refractivity contribution in [2.24, 2.45) is 13.0 Å². The number of amides is 2. The zero-order valence-corrected chi connectivity index (χ0v) is 18.8. The quantitative estimate of drug-likeness (QED) is 0.623. The van der Waals surface area contributed by atoms with E-state index in [0.29, 0.717) is 39.8 Å². The lowest BCUT2D eigenvalue weighted by molar-refractivity contribution is -0.110. The number of methoxy groups -OCH3 is 1. The molecule has 3 heterocycles. The number of halogens is 1. The molecule has 11 heteroatoms. The highest BCUT2D eigenvalue weighted by Crippen LogP contribution is 2.55. The second kappa shape index (κ2) is 7.86. The molecule has 2 amide bonds. The van der Waals surface area contributed by atoms with Gasteiger partial charge in [-0.1, -0.05) is 18.5 Å². The Labute approximate surface area is 189 Å². The fourth-order valence-corrected chi connectivity index (χ4v) is 5.20. The van der Waals surface area contributed by atoms with Gasteiger partial charge in [0, 0.05) is 37.9 Å². The maximum atomic E-state index is 13.4. The number of fused-ring (bicyclic) bond motifs is 2. The first kappa shape index (κ1) is 20.9. The third-order valence-corrected chi connectivity index (χ3v) is 6.50. The van der Waals surface area contributed by atoms with Crippen molar-refractivity contribution in [1.82, 2.24) is 29.9 Å². The number of piperidine rings is 1. The third-order valence-electron chi connectivity index (χ3n) is 6.17. The number of hydrogen-bond acceptors (Lipinski definition) is 7. The molecule has 10 nitrogen and oxygen atoms in total. The summed E-state index contributed by atoms with van der Waals surface area (Å²) in [6.07, 6.45) is 4.13. The summed E-state index contributed by atoms with van der Waals surface area (Å²) in [4.78, 5) is 19.5. The van der Waals surface area contributed by atoms with Gasteiger partial charge in [-0.25, -0.2) is 9.78 Å². The first-order chi connectivity index (χ1) is 15.4. The smallest absolute Gasteiger partial charge is 0.323 e. The Morgan fingerprint density at radius 1 is 1.38 bits per heavy atom. The molecule has 2 aliphatic rings. The predicted octanol–water partition coefficient (Wildman–Crippen LogP) is 3.60. The number of aromatic nitrogens is 5. The van der Waals surface area contributed by atoms with Gasteiger partial charge in [0.1, 0.15) is 18.5 Å². The van der Waals surface area contributed by atoms with E-state index in [2.05, 4.69) is 32.5 Å². The molecule has 1 aromatic carbocycles. The fourth-order valence-electron chi connectivity index (χ4n) is 4.99. The summed E-state index contributed by atoms with van der Waals surface area (Å²) in [7, 11) is 3.36. The fraction of sp³-hybridized carbons (Fsp3) is 0.476. The lowest BCUT2D eigenvalue weighted by atomic mass is 9.64. The minimum absolute atomic E-state index is 0.126. The van der Waals surface area contributed by atoms with Gasteiger partial charge in [0.15, 0.2) is 5.82 Å². The molecule has 168 valence electrons. The number of likely N-dealkylation sites (tertiary alicyclic amines) is 1. The van der Waals surface area contributed by atoms with Gasteiger partial charge < -0.3 is 19.4 Å². The molecule has 2 fully saturated rings. The van der Waals surface area contributed by atoms with Gasteiger partial charge in [-0.2, -0.15) is 5.10 Å². The van der Waals surface area contributed by atoms with E-state index in [-0.39, 0.29) is 18.7 Å². The maximum absolute atomic E-state index is 13.4. The summed E-state index contributed by atoms with van der Waals surface area (Å²) in [6, 6.07) is 5.19. The van der Waals surface area contributed by atoms with Gasteiger partial charge in [0.05, 0.1) is 5.02 Å². The van der Waals surface area contributed by atoms with E-state index in [1.54, 1.807) is 43.4 Å². The third kappa shape index (κ3) is 3.43. The van der Waals surface area contributed by atoms with E-state index in [9.17, 15) is 4.79 Å². The monoisotopic (exact) mass is 457 g/mol. The van der Waals surface area contributed by atoms with Crippen LogP contribution < -0.4 is 5.32 Å². The van der Waals surface area contributed by atoms with E-state index in [1.807, 2.05) is 4.90 Å². The van der Waals surface area contributed by atoms with E-state index < -0.39 is 5.54 Å². The zero-order valence-electron chi connectivity index (χ0n) is 18.1. The number of nitrogens with one attached hydrogen (secondary N) is 1. The zero-order chi connectivity index (χ0) is 22.5. The van der Waals surface area contributed by atoms with Crippen LogP contribution in [0.3, 0.4) is 0 Å². The number of carbonyl (C=O) groups is 1. The standard InChI is InChI=1S/C21H24ClN7O3/c1-12-6-14-9-21(8-12,19-26-25-17(32-19)10-31-3)29(14)20(30)24-13-4-5-16(22)15(7-13)18-23-11-28(2)27-18/h4-5,7,11-12,14H,6,8-10H2,1-3H3,(H,24,30)/t12-,14+,21-/m1/s1. The van der Waals surface area contributed by atoms with Crippen LogP contribution in [0.4, 0.5) is 10.5 Å². The van der Waals surface area contributed by atoms with Crippen LogP contribution >= 0.6 is 11.6 Å². The highest BCUT2D eigenvalue weighted by atomic mass is 35.5. The number of nitrogens with zero attached hydrogens (tertiary/aromatic N) is 6. The summed E-state index contributed by atoms with van der Waals surface area (Å²) >= 11 is 6.35. The molecule has 1 saturated carbocycles. The second-order valence-electron chi connectivity index (χ2n) is 8.61. The Balaban J connectivity index is 1.41. The van der Waals surface area contributed by atoms with Crippen molar-refractivity contribution in [1.29, 1.82) is 0 Å². The minimum atomic E-state index is -0.594. The average Bonchev–Trinajstić information content (AvgIpc) is 3.38. The normalized spacial score (nSPS) is 24.3. The Hall–Kier alpha value is -2.98. The first-order valence-corrected chi connectivity index (χ1v) is 10.8. The highest BCUT2D eigenvalue weighted by molar-refractivity contribution is 6.33. The topological polar surface area (TPSA) is 111 Å². The van der Waals surface area contributed by atoms with Crippen LogP contribution in [0.1, 0.15) is 38.0 Å². The van der Waals surface area contributed by atoms with Crippen molar-refractivity contribution in [2.75, 3.05) is 12.4 Å². The van der Waals surface area contributed by atoms with Crippen molar-refractivity contribution < 1.29 is 13.9 Å². The molecule has 5 rings (SSSR count). The van der Waals surface area contributed by atoms with E-state index in [1.165, 1.54) is 0 Å².